The molecule has 3 aromatic carbocycles. The smallest absolute Gasteiger partial charge is 0.307 e. The van der Waals surface area contributed by atoms with Gasteiger partial charge in [-0.1, -0.05) is 47.2 Å². The molecule has 172 valence electrons. The van der Waals surface area contributed by atoms with Crippen LogP contribution in [0, 0.1) is 0 Å². The number of carbonyl (C=O) groups is 2. The molecule has 0 unspecified atom stereocenters. The Labute approximate surface area is 209 Å². The fraction of sp³-hybridized carbons (Fsp3) is 0.160. The normalized spacial score (nSPS) is 15.8. The second-order valence-electron chi connectivity index (χ2n) is 8.00. The maximum atomic E-state index is 12.8. The van der Waals surface area contributed by atoms with Crippen molar-refractivity contribution < 1.29 is 9.59 Å². The van der Waals surface area contributed by atoms with E-state index in [4.69, 9.17) is 11.6 Å². The highest BCUT2D eigenvalue weighted by Gasteiger charge is 2.32. The summed E-state index contributed by atoms with van der Waals surface area (Å²) >= 11 is 8.70. The number of rotatable bonds is 5. The van der Waals surface area contributed by atoms with Gasteiger partial charge >= 0.3 is 4.87 Å². The van der Waals surface area contributed by atoms with Crippen molar-refractivity contribution >= 4 is 62.4 Å². The summed E-state index contributed by atoms with van der Waals surface area (Å²) in [5.41, 5.74) is 3.97. The monoisotopic (exact) mass is 509 g/mol. The van der Waals surface area contributed by atoms with Crippen LogP contribution in [0.3, 0.4) is 0 Å². The maximum Gasteiger partial charge on any atom is 0.307 e. The van der Waals surface area contributed by atoms with Gasteiger partial charge in [-0.2, -0.15) is 0 Å². The van der Waals surface area contributed by atoms with Gasteiger partial charge < -0.3 is 14.8 Å². The van der Waals surface area contributed by atoms with E-state index in [9.17, 15) is 14.4 Å². The van der Waals surface area contributed by atoms with E-state index in [1.165, 1.54) is 0 Å². The lowest BCUT2D eigenvalue weighted by Crippen LogP contribution is -2.27. The van der Waals surface area contributed by atoms with Gasteiger partial charge in [0.25, 0.3) is 5.91 Å². The fourth-order valence-electron chi connectivity index (χ4n) is 3.90. The van der Waals surface area contributed by atoms with Crippen LogP contribution in [0.15, 0.2) is 71.5 Å². The molecule has 34 heavy (non-hydrogen) atoms. The Morgan fingerprint density at radius 2 is 1.79 bits per heavy atom. The highest BCUT2D eigenvalue weighted by Crippen LogP contribution is 2.39. The van der Waals surface area contributed by atoms with Gasteiger partial charge in [0.2, 0.25) is 5.91 Å². The van der Waals surface area contributed by atoms with Crippen LogP contribution in [0.1, 0.15) is 26.9 Å². The molecule has 9 heteroatoms. The van der Waals surface area contributed by atoms with E-state index in [1.54, 1.807) is 41.6 Å². The number of thioether (sulfide) groups is 1. The summed E-state index contributed by atoms with van der Waals surface area (Å²) < 4.78 is 2.41. The van der Waals surface area contributed by atoms with Crippen molar-refractivity contribution in [1.29, 1.82) is 0 Å². The van der Waals surface area contributed by atoms with Gasteiger partial charge in [-0.05, 0) is 53.6 Å². The molecule has 1 saturated heterocycles. The van der Waals surface area contributed by atoms with E-state index in [-0.39, 0.29) is 22.1 Å². The Hall–Kier alpha value is -3.07. The standard InChI is InChI=1S/C25H20ClN3O3S2/c1-28-20-11-10-19(12-21(20)34-25(28)32)27-23(31)16-4-6-17(7-5-16)24-29(22(30)14-33-24)13-15-2-8-18(26)9-3-15/h2-12,24H,13-14H2,1H3,(H,27,31)/t24-/m0/s1. The van der Waals surface area contributed by atoms with Gasteiger partial charge in [0.15, 0.2) is 0 Å². The molecule has 0 saturated carbocycles. The quantitative estimate of drug-likeness (QED) is 0.397. The molecule has 4 aromatic rings. The molecule has 1 aromatic heterocycles. The SMILES string of the molecule is Cn1c(=O)sc2cc(NC(=O)c3ccc([C@@H]4SCC(=O)N4Cc4ccc(Cl)cc4)cc3)ccc21. The molecule has 6 nitrogen and oxygen atoms in total. The lowest BCUT2D eigenvalue weighted by molar-refractivity contribution is -0.128. The molecular weight excluding hydrogens is 490 g/mol. The Morgan fingerprint density at radius 1 is 1.06 bits per heavy atom. The number of aryl methyl sites for hydroxylation is 1. The topological polar surface area (TPSA) is 71.4 Å². The van der Waals surface area contributed by atoms with E-state index >= 15 is 0 Å². The summed E-state index contributed by atoms with van der Waals surface area (Å²) in [6, 6.07) is 20.3. The van der Waals surface area contributed by atoms with Gasteiger partial charge in [0.1, 0.15) is 5.37 Å². The van der Waals surface area contributed by atoms with Crippen LogP contribution in [-0.4, -0.2) is 27.0 Å². The molecule has 5 rings (SSSR count). The second-order valence-corrected chi connectivity index (χ2v) is 10.5. The van der Waals surface area contributed by atoms with Crippen molar-refractivity contribution in [2.75, 3.05) is 11.1 Å². The third-order valence-electron chi connectivity index (χ3n) is 5.74. The van der Waals surface area contributed by atoms with Gasteiger partial charge in [-0.25, -0.2) is 0 Å². The molecule has 0 bridgehead atoms. The molecule has 0 aliphatic carbocycles. The predicted octanol–water partition coefficient (Wildman–Crippen LogP) is 5.28. The Balaban J connectivity index is 1.30. The molecule has 1 aliphatic heterocycles. The van der Waals surface area contributed by atoms with E-state index in [1.807, 2.05) is 53.4 Å². The number of benzene rings is 3. The Bertz CT molecular complexity index is 1450. The van der Waals surface area contributed by atoms with Crippen LogP contribution in [0.2, 0.25) is 5.02 Å². The molecule has 2 heterocycles. The number of hydrogen-bond donors (Lipinski definition) is 1. The van der Waals surface area contributed by atoms with Crippen molar-refractivity contribution in [2.24, 2.45) is 7.05 Å². The summed E-state index contributed by atoms with van der Waals surface area (Å²) in [6.07, 6.45) is 0. The lowest BCUT2D eigenvalue weighted by atomic mass is 10.1. The number of amides is 2. The minimum absolute atomic E-state index is 0.0394. The highest BCUT2D eigenvalue weighted by molar-refractivity contribution is 8.00. The molecule has 1 fully saturated rings. The van der Waals surface area contributed by atoms with Gasteiger partial charge in [-0.3, -0.25) is 14.4 Å². The van der Waals surface area contributed by atoms with E-state index < -0.39 is 0 Å². The van der Waals surface area contributed by atoms with Gasteiger partial charge in [0, 0.05) is 29.9 Å². The number of nitrogens with one attached hydrogen (secondary N) is 1. The molecular formula is C25H20ClN3O3S2. The van der Waals surface area contributed by atoms with E-state index in [0.717, 1.165) is 32.7 Å². The first-order valence-corrected chi connectivity index (χ1v) is 12.8. The largest absolute Gasteiger partial charge is 0.322 e. The van der Waals surface area contributed by atoms with Crippen LogP contribution in [0.5, 0.6) is 0 Å². The summed E-state index contributed by atoms with van der Waals surface area (Å²) in [6.45, 7) is 0.504. The predicted molar refractivity (Wildman–Crippen MR) is 139 cm³/mol. The third kappa shape index (κ3) is 4.49. The first-order valence-electron chi connectivity index (χ1n) is 10.6. The minimum atomic E-state index is -0.234. The van der Waals surface area contributed by atoms with Crippen molar-refractivity contribution in [3.63, 3.8) is 0 Å². The molecule has 1 N–H and O–H groups in total. The first kappa shape index (κ1) is 22.7. The first-order chi connectivity index (χ1) is 16.4. The number of carbonyl (C=O) groups excluding carboxylic acids is 2. The number of anilines is 1. The van der Waals surface area contributed by atoms with Crippen molar-refractivity contribution in [1.82, 2.24) is 9.47 Å². The number of hydrogen-bond acceptors (Lipinski definition) is 5. The molecule has 1 aliphatic rings. The zero-order valence-electron chi connectivity index (χ0n) is 18.2. The van der Waals surface area contributed by atoms with Crippen molar-refractivity contribution in [2.45, 2.75) is 11.9 Å². The van der Waals surface area contributed by atoms with Crippen LogP contribution < -0.4 is 10.2 Å². The van der Waals surface area contributed by atoms with Crippen molar-refractivity contribution in [3.05, 3.63) is 98.1 Å². The lowest BCUT2D eigenvalue weighted by Gasteiger charge is -2.24. The molecule has 0 radical (unpaired) electrons. The van der Waals surface area contributed by atoms with E-state index in [2.05, 4.69) is 5.32 Å². The molecule has 0 spiro atoms. The number of halogens is 1. The average molecular weight is 510 g/mol. The van der Waals surface area contributed by atoms with E-state index in [0.29, 0.717) is 28.6 Å². The van der Waals surface area contributed by atoms with Crippen molar-refractivity contribution in [3.8, 4) is 0 Å². The van der Waals surface area contributed by atoms with Gasteiger partial charge in [-0.15, -0.1) is 11.8 Å². The minimum Gasteiger partial charge on any atom is -0.322 e. The third-order valence-corrected chi connectivity index (χ3v) is 8.25. The Morgan fingerprint density at radius 3 is 2.53 bits per heavy atom. The number of thiazole rings is 1. The summed E-state index contributed by atoms with van der Waals surface area (Å²) in [4.78, 5) is 39.0. The molecule has 2 amide bonds. The summed E-state index contributed by atoms with van der Waals surface area (Å²) in [7, 11) is 1.73. The second kappa shape index (κ2) is 9.29. The van der Waals surface area contributed by atoms with Crippen LogP contribution in [-0.2, 0) is 18.4 Å². The van der Waals surface area contributed by atoms with Crippen LogP contribution >= 0.6 is 34.7 Å². The molecule has 1 atom stereocenters. The number of fused-ring (bicyclic) bond motifs is 1. The van der Waals surface area contributed by atoms with Gasteiger partial charge in [0.05, 0.1) is 16.0 Å². The zero-order chi connectivity index (χ0) is 23.8. The zero-order valence-corrected chi connectivity index (χ0v) is 20.5. The van der Waals surface area contributed by atoms with Crippen LogP contribution in [0.4, 0.5) is 5.69 Å². The summed E-state index contributed by atoms with van der Waals surface area (Å²) in [5.74, 6) is 0.280. The Kier molecular flexibility index (Phi) is 6.20. The fourth-order valence-corrected chi connectivity index (χ4v) is 6.13. The van der Waals surface area contributed by atoms with Crippen LogP contribution in [0.25, 0.3) is 10.2 Å². The average Bonchev–Trinajstić information content (AvgIpc) is 3.33. The maximum absolute atomic E-state index is 12.8. The number of nitrogens with zero attached hydrogens (tertiary/aromatic N) is 2. The number of aromatic nitrogens is 1. The summed E-state index contributed by atoms with van der Waals surface area (Å²) in [5, 5.41) is 3.45. The highest BCUT2D eigenvalue weighted by atomic mass is 35.5.